The summed E-state index contributed by atoms with van der Waals surface area (Å²) < 4.78 is 19.4. The van der Waals surface area contributed by atoms with Gasteiger partial charge < -0.3 is 10.1 Å². The van der Waals surface area contributed by atoms with Crippen molar-refractivity contribution in [2.75, 3.05) is 18.5 Å². The molecule has 10 heteroatoms. The number of amides is 1. The molecule has 2 aromatic rings. The Morgan fingerprint density at radius 3 is 2.82 bits per heavy atom. The number of ether oxygens (including phenoxy) is 1. The summed E-state index contributed by atoms with van der Waals surface area (Å²) in [6.45, 7) is 0.236. The van der Waals surface area contributed by atoms with Gasteiger partial charge in [0, 0.05) is 28.3 Å². The summed E-state index contributed by atoms with van der Waals surface area (Å²) in [5, 5.41) is 13.3. The molecule has 0 unspecified atom stereocenters. The number of halogens is 3. The van der Waals surface area contributed by atoms with Crippen LogP contribution in [0.4, 0.5) is 10.1 Å². The first-order valence-corrected chi connectivity index (χ1v) is 8.70. The molecule has 3 rings (SSSR count). The number of hydrogen-bond acceptors (Lipinski definition) is 5. The van der Waals surface area contributed by atoms with Crippen LogP contribution in [0.2, 0.25) is 10.0 Å². The fraction of sp³-hybridized carbons (Fsp3) is 0.111. The van der Waals surface area contributed by atoms with Gasteiger partial charge in [-0.25, -0.2) is 4.39 Å². The number of nitro groups is 1. The Kier molecular flexibility index (Phi) is 5.91. The normalized spacial score (nSPS) is 14.4. The standard InChI is InChI=1S/C18H12Cl2FN3O4/c19-11-1-2-13-15(8-11)23-18(25)17(13)22-4-6-28-12-7-10(3-5-24(26)27)16(21)14(20)9-12/h1-3,5,7-9H,4,6H2,(H,22,23,25)/b5-3+. The third-order valence-corrected chi connectivity index (χ3v) is 4.25. The topological polar surface area (TPSA) is 93.8 Å². The lowest BCUT2D eigenvalue weighted by atomic mass is 10.1. The molecule has 2 aromatic carbocycles. The van der Waals surface area contributed by atoms with E-state index in [-0.39, 0.29) is 41.1 Å². The van der Waals surface area contributed by atoms with Crippen molar-refractivity contribution in [2.24, 2.45) is 4.99 Å². The number of nitrogens with one attached hydrogen (secondary N) is 1. The van der Waals surface area contributed by atoms with Crippen LogP contribution in [0.1, 0.15) is 11.1 Å². The second kappa shape index (κ2) is 8.37. The van der Waals surface area contributed by atoms with Gasteiger partial charge in [0.15, 0.2) is 0 Å². The molecule has 0 spiro atoms. The molecule has 0 radical (unpaired) electrons. The van der Waals surface area contributed by atoms with Crippen LogP contribution in [-0.4, -0.2) is 29.7 Å². The summed E-state index contributed by atoms with van der Waals surface area (Å²) >= 11 is 11.7. The molecule has 1 heterocycles. The first kappa shape index (κ1) is 19.8. The summed E-state index contributed by atoms with van der Waals surface area (Å²) in [6, 6.07) is 7.53. The molecule has 0 atom stereocenters. The molecule has 0 bridgehead atoms. The summed E-state index contributed by atoms with van der Waals surface area (Å²) in [7, 11) is 0. The predicted octanol–water partition coefficient (Wildman–Crippen LogP) is 4.20. The van der Waals surface area contributed by atoms with Crippen LogP contribution in [0.25, 0.3) is 6.08 Å². The smallest absolute Gasteiger partial charge is 0.274 e. The Morgan fingerprint density at radius 2 is 2.07 bits per heavy atom. The van der Waals surface area contributed by atoms with Crippen LogP contribution in [-0.2, 0) is 4.79 Å². The number of anilines is 1. The number of aliphatic imine (C=N–C) groups is 1. The van der Waals surface area contributed by atoms with Gasteiger partial charge in [0.25, 0.3) is 5.91 Å². The number of benzene rings is 2. The highest BCUT2D eigenvalue weighted by Crippen LogP contribution is 2.28. The molecule has 0 saturated heterocycles. The van der Waals surface area contributed by atoms with Crippen LogP contribution >= 0.6 is 23.2 Å². The van der Waals surface area contributed by atoms with Crippen molar-refractivity contribution in [3.8, 4) is 5.75 Å². The van der Waals surface area contributed by atoms with Gasteiger partial charge >= 0.3 is 0 Å². The lowest BCUT2D eigenvalue weighted by molar-refractivity contribution is -0.400. The van der Waals surface area contributed by atoms with E-state index in [9.17, 15) is 19.3 Å². The third kappa shape index (κ3) is 4.47. The first-order valence-electron chi connectivity index (χ1n) is 7.94. The van der Waals surface area contributed by atoms with E-state index in [1.54, 1.807) is 18.2 Å². The maximum atomic E-state index is 13.9. The number of carbonyl (C=O) groups excluding carboxylic acids is 1. The highest BCUT2D eigenvalue weighted by molar-refractivity contribution is 6.54. The maximum Gasteiger partial charge on any atom is 0.274 e. The lowest BCUT2D eigenvalue weighted by Crippen LogP contribution is -2.16. The van der Waals surface area contributed by atoms with E-state index < -0.39 is 10.7 Å². The number of fused-ring (bicyclic) bond motifs is 1. The van der Waals surface area contributed by atoms with Crippen LogP contribution in [0.5, 0.6) is 5.75 Å². The monoisotopic (exact) mass is 423 g/mol. The quantitative estimate of drug-likeness (QED) is 0.427. The highest BCUT2D eigenvalue weighted by atomic mass is 35.5. The van der Waals surface area contributed by atoms with Crippen LogP contribution in [0, 0.1) is 15.9 Å². The van der Waals surface area contributed by atoms with Gasteiger partial charge in [0.1, 0.15) is 23.9 Å². The molecule has 28 heavy (non-hydrogen) atoms. The molecule has 7 nitrogen and oxygen atoms in total. The van der Waals surface area contributed by atoms with Crippen molar-refractivity contribution < 1.29 is 18.8 Å². The first-order chi connectivity index (χ1) is 13.3. The average molecular weight is 424 g/mol. The minimum absolute atomic E-state index is 0.0773. The summed E-state index contributed by atoms with van der Waals surface area (Å²) in [4.78, 5) is 25.9. The van der Waals surface area contributed by atoms with Gasteiger partial charge in [-0.15, -0.1) is 0 Å². The largest absolute Gasteiger partial charge is 0.492 e. The maximum absolute atomic E-state index is 13.9. The minimum atomic E-state index is -0.787. The van der Waals surface area contributed by atoms with E-state index in [1.807, 2.05) is 0 Å². The molecule has 1 aliphatic heterocycles. The third-order valence-electron chi connectivity index (χ3n) is 3.74. The van der Waals surface area contributed by atoms with E-state index in [2.05, 4.69) is 10.3 Å². The van der Waals surface area contributed by atoms with Crippen LogP contribution in [0.3, 0.4) is 0 Å². The van der Waals surface area contributed by atoms with Crippen molar-refractivity contribution in [3.05, 3.63) is 73.6 Å². The van der Waals surface area contributed by atoms with Crippen LogP contribution in [0.15, 0.2) is 41.5 Å². The number of carbonyl (C=O) groups is 1. The molecule has 1 amide bonds. The van der Waals surface area contributed by atoms with Crippen LogP contribution < -0.4 is 10.1 Å². The summed E-state index contributed by atoms with van der Waals surface area (Å²) in [5.74, 6) is -0.905. The van der Waals surface area contributed by atoms with Gasteiger partial charge in [0.2, 0.25) is 6.20 Å². The Labute approximate surface area is 168 Å². The van der Waals surface area contributed by atoms with Crippen molar-refractivity contribution >= 4 is 46.6 Å². The molecule has 0 saturated carbocycles. The van der Waals surface area contributed by atoms with Gasteiger partial charge in [-0.3, -0.25) is 19.9 Å². The van der Waals surface area contributed by atoms with E-state index >= 15 is 0 Å². The lowest BCUT2D eigenvalue weighted by Gasteiger charge is -2.07. The molecule has 0 aromatic heterocycles. The van der Waals surface area contributed by atoms with E-state index in [0.717, 1.165) is 6.08 Å². The van der Waals surface area contributed by atoms with Crippen molar-refractivity contribution in [2.45, 2.75) is 0 Å². The fourth-order valence-electron chi connectivity index (χ4n) is 2.54. The SMILES string of the molecule is O=C1Nc2cc(Cl)ccc2C1=NCCOc1cc(Cl)c(F)c(/C=C/[N+](=O)[O-])c1. The zero-order valence-electron chi connectivity index (χ0n) is 14.1. The molecular formula is C18H12Cl2FN3O4. The van der Waals surface area contributed by atoms with Crippen molar-refractivity contribution in [3.63, 3.8) is 0 Å². The molecular weight excluding hydrogens is 412 g/mol. The number of nitrogens with zero attached hydrogens (tertiary/aromatic N) is 2. The van der Waals surface area contributed by atoms with Gasteiger partial charge in [0.05, 0.1) is 22.2 Å². The minimum Gasteiger partial charge on any atom is -0.492 e. The number of hydrogen-bond donors (Lipinski definition) is 1. The summed E-state index contributed by atoms with van der Waals surface area (Å²) in [5.41, 5.74) is 1.42. The van der Waals surface area contributed by atoms with Gasteiger partial charge in [-0.2, -0.15) is 0 Å². The Morgan fingerprint density at radius 1 is 1.29 bits per heavy atom. The molecule has 0 fully saturated rings. The Hall–Kier alpha value is -2.97. The second-order valence-electron chi connectivity index (χ2n) is 5.63. The number of rotatable bonds is 6. The summed E-state index contributed by atoms with van der Waals surface area (Å²) in [6.07, 6.45) is 1.59. The van der Waals surface area contributed by atoms with E-state index in [0.29, 0.717) is 22.5 Å². The van der Waals surface area contributed by atoms with Crippen molar-refractivity contribution in [1.82, 2.24) is 0 Å². The second-order valence-corrected chi connectivity index (χ2v) is 6.48. The predicted molar refractivity (Wildman–Crippen MR) is 104 cm³/mol. The molecule has 1 aliphatic rings. The fourth-order valence-corrected chi connectivity index (χ4v) is 2.93. The molecule has 0 aliphatic carbocycles. The molecule has 1 N–H and O–H groups in total. The van der Waals surface area contributed by atoms with E-state index in [1.165, 1.54) is 12.1 Å². The molecule has 144 valence electrons. The average Bonchev–Trinajstić information content (AvgIpc) is 2.94. The van der Waals surface area contributed by atoms with E-state index in [4.69, 9.17) is 27.9 Å². The zero-order valence-corrected chi connectivity index (χ0v) is 15.6. The highest BCUT2D eigenvalue weighted by Gasteiger charge is 2.25. The Balaban J connectivity index is 1.68. The Bertz CT molecular complexity index is 1020. The van der Waals surface area contributed by atoms with Gasteiger partial charge in [-0.1, -0.05) is 23.2 Å². The van der Waals surface area contributed by atoms with Gasteiger partial charge in [-0.05, 0) is 24.3 Å². The zero-order chi connectivity index (χ0) is 20.3. The van der Waals surface area contributed by atoms with Crippen molar-refractivity contribution in [1.29, 1.82) is 0 Å².